The average molecular weight is 393 g/mol. The molecule has 0 saturated carbocycles. The lowest BCUT2D eigenvalue weighted by molar-refractivity contribution is 0.0962. The summed E-state index contributed by atoms with van der Waals surface area (Å²) >= 11 is 18.2. The van der Waals surface area contributed by atoms with E-state index >= 15 is 0 Å². The first-order chi connectivity index (χ1) is 11.9. The molecule has 1 aliphatic rings. The van der Waals surface area contributed by atoms with Crippen LogP contribution < -0.4 is 5.43 Å². The van der Waals surface area contributed by atoms with Crippen LogP contribution in [-0.4, -0.2) is 10.8 Å². The second-order valence-electron chi connectivity index (χ2n) is 6.19. The minimum atomic E-state index is -0.267. The van der Waals surface area contributed by atoms with Gasteiger partial charge in [0.25, 0.3) is 0 Å². The smallest absolute Gasteiger partial charge is 0.200 e. The molecule has 3 aromatic rings. The van der Waals surface area contributed by atoms with Crippen molar-refractivity contribution < 1.29 is 4.79 Å². The number of aromatic nitrogens is 1. The topological polar surface area (TPSA) is 49.9 Å². The van der Waals surface area contributed by atoms with Gasteiger partial charge >= 0.3 is 0 Å². The third-order valence-electron chi connectivity index (χ3n) is 4.60. The highest BCUT2D eigenvalue weighted by Gasteiger charge is 2.30. The summed E-state index contributed by atoms with van der Waals surface area (Å²) in [6.45, 7) is 0. The number of ketones is 1. The van der Waals surface area contributed by atoms with Gasteiger partial charge in [-0.15, -0.1) is 0 Å². The second-order valence-corrected chi connectivity index (χ2v) is 7.47. The van der Waals surface area contributed by atoms with Gasteiger partial charge in [0.1, 0.15) is 0 Å². The molecular formula is C19H12Cl3NO2. The Labute approximate surface area is 158 Å². The number of hydrogen-bond donors (Lipinski definition) is 1. The van der Waals surface area contributed by atoms with E-state index in [1.807, 2.05) is 6.07 Å². The van der Waals surface area contributed by atoms with Crippen LogP contribution in [0, 0.1) is 0 Å². The highest BCUT2D eigenvalue weighted by molar-refractivity contribution is 6.35. The number of aromatic amines is 1. The van der Waals surface area contributed by atoms with Gasteiger partial charge in [0.2, 0.25) is 5.43 Å². The Kier molecular flexibility index (Phi) is 4.11. The number of carbonyl (C=O) groups excluding carboxylic acids is 1. The van der Waals surface area contributed by atoms with Gasteiger partial charge < -0.3 is 4.98 Å². The normalized spacial score (nSPS) is 16.9. The molecule has 6 heteroatoms. The predicted molar refractivity (Wildman–Crippen MR) is 101 cm³/mol. The number of fused-ring (bicyclic) bond motifs is 2. The fourth-order valence-electron chi connectivity index (χ4n) is 3.46. The SMILES string of the molecule is O=C1C[C@H](c2ccc(Cl)cc2Cl)Cc2[nH]c3ccc(Cl)cc3c(=O)c21. The van der Waals surface area contributed by atoms with E-state index in [1.165, 1.54) is 0 Å². The molecule has 4 rings (SSSR count). The zero-order valence-corrected chi connectivity index (χ0v) is 15.2. The zero-order chi connectivity index (χ0) is 17.7. The van der Waals surface area contributed by atoms with Crippen molar-refractivity contribution in [3.63, 3.8) is 0 Å². The molecule has 3 nitrogen and oxygen atoms in total. The molecule has 0 fully saturated rings. The molecule has 126 valence electrons. The Hall–Kier alpha value is -1.81. The summed E-state index contributed by atoms with van der Waals surface area (Å²) in [4.78, 5) is 28.7. The van der Waals surface area contributed by atoms with Crippen LogP contribution >= 0.6 is 34.8 Å². The molecule has 25 heavy (non-hydrogen) atoms. The van der Waals surface area contributed by atoms with Gasteiger partial charge in [0, 0.05) is 38.1 Å². The Morgan fingerprint density at radius 2 is 1.64 bits per heavy atom. The molecule has 1 heterocycles. The number of H-pyrrole nitrogens is 1. The average Bonchev–Trinajstić information content (AvgIpc) is 2.55. The van der Waals surface area contributed by atoms with Gasteiger partial charge in [-0.05, 0) is 48.2 Å². The molecule has 0 radical (unpaired) electrons. The maximum Gasteiger partial charge on any atom is 0.200 e. The third-order valence-corrected chi connectivity index (χ3v) is 5.40. The molecule has 0 aliphatic heterocycles. The van der Waals surface area contributed by atoms with Crippen molar-refractivity contribution in [2.24, 2.45) is 0 Å². The Morgan fingerprint density at radius 3 is 2.40 bits per heavy atom. The van der Waals surface area contributed by atoms with Crippen molar-refractivity contribution in [3.8, 4) is 0 Å². The molecule has 2 aromatic carbocycles. The summed E-state index contributed by atoms with van der Waals surface area (Å²) in [6, 6.07) is 10.3. The highest BCUT2D eigenvalue weighted by atomic mass is 35.5. The van der Waals surface area contributed by atoms with Crippen molar-refractivity contribution in [2.75, 3.05) is 0 Å². The van der Waals surface area contributed by atoms with E-state index in [0.717, 1.165) is 5.56 Å². The van der Waals surface area contributed by atoms with E-state index in [4.69, 9.17) is 34.8 Å². The van der Waals surface area contributed by atoms with Crippen LogP contribution in [-0.2, 0) is 6.42 Å². The summed E-state index contributed by atoms with van der Waals surface area (Å²) in [5, 5.41) is 1.98. The lowest BCUT2D eigenvalue weighted by atomic mass is 9.81. The van der Waals surface area contributed by atoms with Crippen LogP contribution in [0.2, 0.25) is 15.1 Å². The Balaban J connectivity index is 1.86. The van der Waals surface area contributed by atoms with Gasteiger partial charge in [-0.1, -0.05) is 40.9 Å². The van der Waals surface area contributed by atoms with Crippen LogP contribution in [0.15, 0.2) is 41.2 Å². The Bertz CT molecular complexity index is 1090. The molecule has 1 aromatic heterocycles. The summed E-state index contributed by atoms with van der Waals surface area (Å²) in [5.74, 6) is -0.273. The van der Waals surface area contributed by atoms with E-state index in [-0.39, 0.29) is 29.1 Å². The molecule has 0 spiro atoms. The van der Waals surface area contributed by atoms with E-state index < -0.39 is 0 Å². The van der Waals surface area contributed by atoms with E-state index in [0.29, 0.717) is 38.1 Å². The lowest BCUT2D eigenvalue weighted by Crippen LogP contribution is -2.27. The number of rotatable bonds is 1. The van der Waals surface area contributed by atoms with Crippen LogP contribution in [0.5, 0.6) is 0 Å². The number of halogens is 3. The molecule has 0 bridgehead atoms. The molecule has 1 atom stereocenters. The number of carbonyl (C=O) groups is 1. The predicted octanol–water partition coefficient (Wildman–Crippen LogP) is 5.40. The minimum absolute atomic E-state index is 0.0924. The van der Waals surface area contributed by atoms with Crippen LogP contribution in [0.1, 0.15) is 34.0 Å². The molecule has 1 N–H and O–H groups in total. The number of pyridine rings is 1. The standard InChI is InChI=1S/C19H12Cl3NO2/c20-10-2-4-15-13(7-10)19(25)18-16(23-15)5-9(6-17(18)24)12-3-1-11(21)8-14(12)22/h1-4,7-9H,5-6H2,(H,23,25)/t9-/m1/s1. The first-order valence-electron chi connectivity index (χ1n) is 7.76. The van der Waals surface area contributed by atoms with E-state index in [9.17, 15) is 9.59 Å². The minimum Gasteiger partial charge on any atom is -0.358 e. The van der Waals surface area contributed by atoms with Gasteiger partial charge in [0.15, 0.2) is 5.78 Å². The third kappa shape index (κ3) is 2.86. The monoisotopic (exact) mass is 391 g/mol. The van der Waals surface area contributed by atoms with Crippen molar-refractivity contribution in [3.05, 3.63) is 78.5 Å². The zero-order valence-electron chi connectivity index (χ0n) is 12.9. The van der Waals surface area contributed by atoms with Gasteiger partial charge in [0.05, 0.1) is 5.56 Å². The van der Waals surface area contributed by atoms with Crippen molar-refractivity contribution in [1.82, 2.24) is 4.98 Å². The summed E-state index contributed by atoms with van der Waals surface area (Å²) in [7, 11) is 0. The number of nitrogens with one attached hydrogen (secondary N) is 1. The fourth-order valence-corrected chi connectivity index (χ4v) is 4.19. The number of Topliss-reactive ketones (excluding diaryl/α,β-unsaturated/α-hetero) is 1. The number of benzene rings is 2. The van der Waals surface area contributed by atoms with Crippen molar-refractivity contribution in [1.29, 1.82) is 0 Å². The van der Waals surface area contributed by atoms with Crippen molar-refractivity contribution >= 4 is 51.5 Å². The number of hydrogen-bond acceptors (Lipinski definition) is 2. The maximum absolute atomic E-state index is 12.7. The van der Waals surface area contributed by atoms with Crippen LogP contribution in [0.25, 0.3) is 10.9 Å². The quantitative estimate of drug-likeness (QED) is 0.602. The Morgan fingerprint density at radius 1 is 0.920 bits per heavy atom. The van der Waals surface area contributed by atoms with Gasteiger partial charge in [-0.25, -0.2) is 0 Å². The van der Waals surface area contributed by atoms with E-state index in [2.05, 4.69) is 4.98 Å². The molecular weight excluding hydrogens is 381 g/mol. The van der Waals surface area contributed by atoms with Crippen LogP contribution in [0.4, 0.5) is 0 Å². The maximum atomic E-state index is 12.7. The second kappa shape index (κ2) is 6.17. The van der Waals surface area contributed by atoms with E-state index in [1.54, 1.807) is 30.3 Å². The summed E-state index contributed by atoms with van der Waals surface area (Å²) in [5.41, 5.74) is 2.14. The van der Waals surface area contributed by atoms with Gasteiger partial charge in [-0.3, -0.25) is 9.59 Å². The first kappa shape index (κ1) is 16.6. The highest BCUT2D eigenvalue weighted by Crippen LogP contribution is 2.36. The molecule has 0 saturated heterocycles. The lowest BCUT2D eigenvalue weighted by Gasteiger charge is -2.24. The largest absolute Gasteiger partial charge is 0.358 e. The summed E-state index contributed by atoms with van der Waals surface area (Å²) in [6.07, 6.45) is 0.778. The molecule has 0 amide bonds. The van der Waals surface area contributed by atoms with Crippen molar-refractivity contribution in [2.45, 2.75) is 18.8 Å². The van der Waals surface area contributed by atoms with Crippen LogP contribution in [0.3, 0.4) is 0 Å². The summed E-state index contributed by atoms with van der Waals surface area (Å²) < 4.78 is 0. The molecule has 1 aliphatic carbocycles. The van der Waals surface area contributed by atoms with Gasteiger partial charge in [-0.2, -0.15) is 0 Å². The fraction of sp³-hybridized carbons (Fsp3) is 0.158. The first-order valence-corrected chi connectivity index (χ1v) is 8.90. The molecule has 0 unspecified atom stereocenters.